The molecule has 25 heavy (non-hydrogen) atoms. The van der Waals surface area contributed by atoms with E-state index in [1.165, 1.54) is 15.3 Å². The predicted molar refractivity (Wildman–Crippen MR) is 94.9 cm³/mol. The molecule has 3 heterocycles. The summed E-state index contributed by atoms with van der Waals surface area (Å²) in [6.45, 7) is 3.02. The predicted octanol–water partition coefficient (Wildman–Crippen LogP) is 2.76. The molecule has 0 radical (unpaired) electrons. The Bertz CT molecular complexity index is 689. The minimum Gasteiger partial charge on any atom is -0.335 e. The Morgan fingerprint density at radius 2 is 1.88 bits per heavy atom. The van der Waals surface area contributed by atoms with Gasteiger partial charge in [0.25, 0.3) is 0 Å². The van der Waals surface area contributed by atoms with Gasteiger partial charge in [0.2, 0.25) is 17.7 Å². The lowest BCUT2D eigenvalue weighted by molar-refractivity contribution is -0.141. The summed E-state index contributed by atoms with van der Waals surface area (Å²) in [5.41, 5.74) is 1.24. The second-order valence-electron chi connectivity index (χ2n) is 7.39. The van der Waals surface area contributed by atoms with E-state index in [0.29, 0.717) is 0 Å². The fraction of sp³-hybridized carbons (Fsp3) is 0.632. The summed E-state index contributed by atoms with van der Waals surface area (Å²) in [6, 6.07) is 2.18. The molecular weight excluding hydrogens is 336 g/mol. The molecule has 0 bridgehead atoms. The molecule has 0 spiro atoms. The van der Waals surface area contributed by atoms with Gasteiger partial charge in [0, 0.05) is 24.4 Å². The van der Waals surface area contributed by atoms with E-state index >= 15 is 0 Å². The third-order valence-corrected chi connectivity index (χ3v) is 7.08. The van der Waals surface area contributed by atoms with E-state index in [9.17, 15) is 14.4 Å². The lowest BCUT2D eigenvalue weighted by Crippen LogP contribution is -2.41. The summed E-state index contributed by atoms with van der Waals surface area (Å²) in [7, 11) is 0. The van der Waals surface area contributed by atoms with Gasteiger partial charge in [-0.15, -0.1) is 11.3 Å². The molecule has 1 aromatic rings. The summed E-state index contributed by atoms with van der Waals surface area (Å²) in [4.78, 5) is 42.4. The van der Waals surface area contributed by atoms with E-state index in [1.807, 2.05) is 4.90 Å². The number of nitrogens with zero attached hydrogens (tertiary/aromatic N) is 2. The van der Waals surface area contributed by atoms with Crippen molar-refractivity contribution in [2.75, 3.05) is 13.1 Å². The molecule has 0 N–H and O–H groups in total. The molecule has 3 aliphatic rings. The second kappa shape index (κ2) is 6.56. The highest BCUT2D eigenvalue weighted by atomic mass is 32.1. The van der Waals surface area contributed by atoms with Crippen molar-refractivity contribution in [1.82, 2.24) is 9.80 Å². The van der Waals surface area contributed by atoms with Gasteiger partial charge in [-0.05, 0) is 43.2 Å². The molecule has 1 saturated heterocycles. The lowest BCUT2D eigenvalue weighted by Gasteiger charge is -2.34. The first-order valence-electron chi connectivity index (χ1n) is 9.29. The zero-order valence-corrected chi connectivity index (χ0v) is 15.4. The first-order chi connectivity index (χ1) is 12.1. The van der Waals surface area contributed by atoms with Crippen LogP contribution < -0.4 is 0 Å². The Hall–Kier alpha value is -1.69. The number of carbonyl (C=O) groups is 3. The monoisotopic (exact) mass is 360 g/mol. The van der Waals surface area contributed by atoms with Crippen LogP contribution >= 0.6 is 11.3 Å². The van der Waals surface area contributed by atoms with Crippen molar-refractivity contribution < 1.29 is 14.4 Å². The molecule has 2 fully saturated rings. The summed E-state index contributed by atoms with van der Waals surface area (Å²) >= 11 is 1.75. The Kier molecular flexibility index (Phi) is 4.40. The minimum absolute atomic E-state index is 0.0415. The van der Waals surface area contributed by atoms with Crippen molar-refractivity contribution in [1.29, 1.82) is 0 Å². The highest BCUT2D eigenvalue weighted by molar-refractivity contribution is 7.10. The largest absolute Gasteiger partial charge is 0.335 e. The van der Waals surface area contributed by atoms with Gasteiger partial charge >= 0.3 is 0 Å². The number of thiophene rings is 1. The zero-order valence-electron chi connectivity index (χ0n) is 14.6. The van der Waals surface area contributed by atoms with Gasteiger partial charge in [-0.2, -0.15) is 0 Å². The SMILES string of the molecule is C[C@H]1c2ccsc2CCN1C(=O)CCN1C(=O)[C@H]2CCCC[C@H]2C1=O. The van der Waals surface area contributed by atoms with Crippen LogP contribution in [0, 0.1) is 11.8 Å². The fourth-order valence-corrected chi connectivity index (χ4v) is 5.62. The number of hydrogen-bond donors (Lipinski definition) is 0. The molecule has 6 heteroatoms. The smallest absolute Gasteiger partial charge is 0.233 e. The maximum atomic E-state index is 12.7. The molecule has 5 nitrogen and oxygen atoms in total. The van der Waals surface area contributed by atoms with Crippen LogP contribution in [0.1, 0.15) is 55.5 Å². The van der Waals surface area contributed by atoms with Crippen LogP contribution in [0.3, 0.4) is 0 Å². The van der Waals surface area contributed by atoms with E-state index in [-0.39, 0.29) is 48.6 Å². The van der Waals surface area contributed by atoms with Crippen LogP contribution in [0.4, 0.5) is 0 Å². The molecular formula is C19H24N2O3S. The van der Waals surface area contributed by atoms with Gasteiger partial charge in [-0.3, -0.25) is 19.3 Å². The Balaban J connectivity index is 1.39. The fourth-order valence-electron chi connectivity index (χ4n) is 4.65. The third kappa shape index (κ3) is 2.80. The first-order valence-corrected chi connectivity index (χ1v) is 10.2. The number of likely N-dealkylation sites (tertiary alicyclic amines) is 1. The quantitative estimate of drug-likeness (QED) is 0.779. The Labute approximate surface area is 152 Å². The van der Waals surface area contributed by atoms with Crippen molar-refractivity contribution in [2.45, 2.75) is 51.5 Å². The summed E-state index contributed by atoms with van der Waals surface area (Å²) < 4.78 is 0. The number of rotatable bonds is 3. The number of fused-ring (bicyclic) bond motifs is 2. The van der Waals surface area contributed by atoms with E-state index in [0.717, 1.165) is 38.6 Å². The van der Waals surface area contributed by atoms with Crippen molar-refractivity contribution in [2.24, 2.45) is 11.8 Å². The first kappa shape index (κ1) is 16.8. The van der Waals surface area contributed by atoms with Gasteiger partial charge in [-0.1, -0.05) is 12.8 Å². The van der Waals surface area contributed by atoms with Crippen molar-refractivity contribution in [3.63, 3.8) is 0 Å². The van der Waals surface area contributed by atoms with E-state index in [2.05, 4.69) is 18.4 Å². The molecule has 0 aromatic carbocycles. The van der Waals surface area contributed by atoms with Crippen LogP contribution in [-0.2, 0) is 20.8 Å². The highest BCUT2D eigenvalue weighted by Crippen LogP contribution is 2.38. The average Bonchev–Trinajstić information content (AvgIpc) is 3.19. The molecule has 1 aromatic heterocycles. The highest BCUT2D eigenvalue weighted by Gasteiger charge is 2.48. The van der Waals surface area contributed by atoms with Crippen LogP contribution in [0.15, 0.2) is 11.4 Å². The van der Waals surface area contributed by atoms with Crippen molar-refractivity contribution in [3.8, 4) is 0 Å². The number of carbonyl (C=O) groups excluding carboxylic acids is 3. The van der Waals surface area contributed by atoms with Gasteiger partial charge in [-0.25, -0.2) is 0 Å². The minimum atomic E-state index is -0.126. The molecule has 3 atom stereocenters. The molecule has 1 aliphatic carbocycles. The average molecular weight is 360 g/mol. The molecule has 4 rings (SSSR count). The lowest BCUT2D eigenvalue weighted by atomic mass is 9.81. The normalized spacial score (nSPS) is 28.9. The summed E-state index contributed by atoms with van der Waals surface area (Å²) in [6.07, 6.45) is 4.84. The molecule has 1 saturated carbocycles. The number of amides is 3. The van der Waals surface area contributed by atoms with Crippen LogP contribution in [0.2, 0.25) is 0 Å². The topological polar surface area (TPSA) is 57.7 Å². The Morgan fingerprint density at radius 3 is 2.56 bits per heavy atom. The maximum Gasteiger partial charge on any atom is 0.233 e. The van der Waals surface area contributed by atoms with E-state index < -0.39 is 0 Å². The molecule has 0 unspecified atom stereocenters. The van der Waals surface area contributed by atoms with Crippen molar-refractivity contribution in [3.05, 3.63) is 21.9 Å². The van der Waals surface area contributed by atoms with E-state index in [1.54, 1.807) is 11.3 Å². The van der Waals surface area contributed by atoms with E-state index in [4.69, 9.17) is 0 Å². The molecule has 2 aliphatic heterocycles. The van der Waals surface area contributed by atoms with Gasteiger partial charge in [0.15, 0.2) is 0 Å². The Morgan fingerprint density at radius 1 is 1.20 bits per heavy atom. The number of imide groups is 1. The summed E-state index contributed by atoms with van der Waals surface area (Å²) in [5, 5.41) is 2.08. The van der Waals surface area contributed by atoms with Crippen LogP contribution in [0.5, 0.6) is 0 Å². The van der Waals surface area contributed by atoms with Crippen LogP contribution in [-0.4, -0.2) is 40.6 Å². The van der Waals surface area contributed by atoms with Gasteiger partial charge < -0.3 is 4.90 Å². The van der Waals surface area contributed by atoms with Gasteiger partial charge in [0.1, 0.15) is 0 Å². The van der Waals surface area contributed by atoms with Gasteiger partial charge in [0.05, 0.1) is 17.9 Å². The molecule has 134 valence electrons. The number of hydrogen-bond acceptors (Lipinski definition) is 4. The summed E-state index contributed by atoms with van der Waals surface area (Å²) in [5.74, 6) is -0.305. The maximum absolute atomic E-state index is 12.7. The third-order valence-electron chi connectivity index (χ3n) is 6.08. The zero-order chi connectivity index (χ0) is 17.6. The standard InChI is InChI=1S/C19H24N2O3S/c1-12-13-8-11-25-16(13)6-9-20(12)17(22)7-10-21-18(23)14-4-2-3-5-15(14)19(21)24/h8,11-12,14-15H,2-7,9-10H2,1H3/t12-,14-,15+/m0/s1. The second-order valence-corrected chi connectivity index (χ2v) is 8.39. The van der Waals surface area contributed by atoms with Crippen molar-refractivity contribution >= 4 is 29.1 Å². The molecule has 3 amide bonds. The van der Waals surface area contributed by atoms with Crippen LogP contribution in [0.25, 0.3) is 0 Å².